The highest BCUT2D eigenvalue weighted by Crippen LogP contribution is 2.32. The molecule has 1 aromatic rings. The van der Waals surface area contributed by atoms with Crippen LogP contribution in [0, 0.1) is 6.92 Å². The topological polar surface area (TPSA) is 89.3 Å². The average Bonchev–Trinajstić information content (AvgIpc) is 2.20. The molecule has 86 valence electrons. The van der Waals surface area contributed by atoms with E-state index < -0.39 is 21.0 Å². The summed E-state index contributed by atoms with van der Waals surface area (Å²) in [6.07, 6.45) is 0. The number of carbonyl (C=O) groups excluding carboxylic acids is 1. The number of aryl methyl sites for hydroxylation is 1. The molecule has 1 unspecified atom stereocenters. The predicted octanol–water partition coefficient (Wildman–Crippen LogP) is 0.0481. The molecule has 1 aromatic carbocycles. The number of hydrogen-bond donors (Lipinski definition) is 2. The molecule has 5 nitrogen and oxygen atoms in total. The van der Waals surface area contributed by atoms with Crippen molar-refractivity contribution in [3.05, 3.63) is 23.8 Å². The zero-order valence-corrected chi connectivity index (χ0v) is 9.54. The van der Waals surface area contributed by atoms with E-state index in [0.717, 1.165) is 5.56 Å². The Morgan fingerprint density at radius 3 is 2.75 bits per heavy atom. The number of para-hydroxylation sites is 1. The highest BCUT2D eigenvalue weighted by Gasteiger charge is 2.39. The van der Waals surface area contributed by atoms with E-state index in [0.29, 0.717) is 5.69 Å². The highest BCUT2D eigenvalue weighted by molar-refractivity contribution is 7.93. The molecule has 0 fully saturated rings. The normalized spacial score (nSPS) is 22.4. The van der Waals surface area contributed by atoms with Crippen LogP contribution in [0.2, 0.25) is 0 Å². The van der Waals surface area contributed by atoms with Crippen LogP contribution in [0.3, 0.4) is 0 Å². The van der Waals surface area contributed by atoms with E-state index in [-0.39, 0.29) is 11.4 Å². The Morgan fingerprint density at radius 1 is 1.44 bits per heavy atom. The molecule has 0 radical (unpaired) electrons. The van der Waals surface area contributed by atoms with Gasteiger partial charge in [0.05, 0.1) is 10.6 Å². The second-order valence-corrected chi connectivity index (χ2v) is 5.81. The number of fused-ring (bicyclic) bond motifs is 1. The second-order valence-electron chi connectivity index (χ2n) is 3.71. The van der Waals surface area contributed by atoms with E-state index in [9.17, 15) is 13.2 Å². The summed E-state index contributed by atoms with van der Waals surface area (Å²) < 4.78 is 24.1. The number of amides is 1. The van der Waals surface area contributed by atoms with Gasteiger partial charge in [-0.3, -0.25) is 4.79 Å². The maximum absolute atomic E-state index is 12.1. The third kappa shape index (κ3) is 1.42. The molecule has 0 saturated carbocycles. The Bertz CT molecular complexity index is 551. The van der Waals surface area contributed by atoms with Crippen LogP contribution >= 0.6 is 0 Å². The van der Waals surface area contributed by atoms with E-state index in [4.69, 9.17) is 5.73 Å². The van der Waals surface area contributed by atoms with Gasteiger partial charge in [0.25, 0.3) is 0 Å². The molecule has 1 heterocycles. The maximum atomic E-state index is 12.1. The molecule has 0 spiro atoms. The smallest absolute Gasteiger partial charge is 0.244 e. The summed E-state index contributed by atoms with van der Waals surface area (Å²) in [6, 6.07) is 4.88. The zero-order valence-electron chi connectivity index (χ0n) is 8.73. The fourth-order valence-corrected chi connectivity index (χ4v) is 3.44. The number of nitrogens with two attached hydrogens (primary N) is 1. The molecule has 1 amide bonds. The standard InChI is InChI=1S/C10H12N2O3S/c1-6-3-2-4-7-9(6)12-10(13)8(5-11)16(7,14)15/h2-4,8H,5,11H2,1H3,(H,12,13). The van der Waals surface area contributed by atoms with Crippen LogP contribution < -0.4 is 11.1 Å². The van der Waals surface area contributed by atoms with Crippen LogP contribution in [0.15, 0.2) is 23.1 Å². The van der Waals surface area contributed by atoms with E-state index >= 15 is 0 Å². The first-order valence-electron chi connectivity index (χ1n) is 4.83. The molecule has 0 aliphatic carbocycles. The number of sulfone groups is 1. The summed E-state index contributed by atoms with van der Waals surface area (Å²) in [5, 5.41) is 1.41. The summed E-state index contributed by atoms with van der Waals surface area (Å²) in [6.45, 7) is 1.54. The van der Waals surface area contributed by atoms with Crippen molar-refractivity contribution in [3.63, 3.8) is 0 Å². The van der Waals surface area contributed by atoms with Crippen LogP contribution in [0.25, 0.3) is 0 Å². The van der Waals surface area contributed by atoms with Crippen molar-refractivity contribution in [1.29, 1.82) is 0 Å². The molecule has 1 aliphatic heterocycles. The minimum absolute atomic E-state index is 0.155. The molecule has 0 bridgehead atoms. The van der Waals surface area contributed by atoms with Crippen LogP contribution in [0.4, 0.5) is 5.69 Å². The van der Waals surface area contributed by atoms with Crippen molar-refractivity contribution in [3.8, 4) is 0 Å². The number of anilines is 1. The molecular formula is C10H12N2O3S. The first-order valence-corrected chi connectivity index (χ1v) is 6.37. The second kappa shape index (κ2) is 3.57. The lowest BCUT2D eigenvalue weighted by Crippen LogP contribution is -2.44. The van der Waals surface area contributed by atoms with Gasteiger partial charge in [0.15, 0.2) is 15.1 Å². The average molecular weight is 240 g/mol. The number of benzene rings is 1. The van der Waals surface area contributed by atoms with Crippen LogP contribution in [0.1, 0.15) is 5.56 Å². The fraction of sp³-hybridized carbons (Fsp3) is 0.300. The van der Waals surface area contributed by atoms with Gasteiger partial charge >= 0.3 is 0 Å². The third-order valence-corrected chi connectivity index (χ3v) is 4.78. The molecular weight excluding hydrogens is 228 g/mol. The summed E-state index contributed by atoms with van der Waals surface area (Å²) in [5.74, 6) is -0.552. The zero-order chi connectivity index (χ0) is 11.9. The summed E-state index contributed by atoms with van der Waals surface area (Å²) in [7, 11) is -3.64. The monoisotopic (exact) mass is 240 g/mol. The van der Waals surface area contributed by atoms with Gasteiger partial charge in [-0.1, -0.05) is 12.1 Å². The molecule has 2 rings (SSSR count). The molecule has 0 saturated heterocycles. The van der Waals surface area contributed by atoms with Gasteiger partial charge in [-0.05, 0) is 18.6 Å². The Labute approximate surface area is 93.6 Å². The van der Waals surface area contributed by atoms with Crippen LogP contribution in [0.5, 0.6) is 0 Å². The number of nitrogens with one attached hydrogen (secondary N) is 1. The number of carbonyl (C=O) groups is 1. The van der Waals surface area contributed by atoms with Crippen molar-refractivity contribution in [2.75, 3.05) is 11.9 Å². The van der Waals surface area contributed by atoms with E-state index in [1.165, 1.54) is 6.07 Å². The molecule has 1 atom stereocenters. The molecule has 0 aromatic heterocycles. The van der Waals surface area contributed by atoms with Crippen molar-refractivity contribution in [2.24, 2.45) is 5.73 Å². The summed E-state index contributed by atoms with van der Waals surface area (Å²) >= 11 is 0. The molecule has 3 N–H and O–H groups in total. The van der Waals surface area contributed by atoms with Crippen LogP contribution in [-0.2, 0) is 14.6 Å². The predicted molar refractivity (Wildman–Crippen MR) is 59.8 cm³/mol. The lowest BCUT2D eigenvalue weighted by molar-refractivity contribution is -0.115. The van der Waals surface area contributed by atoms with Gasteiger partial charge in [-0.25, -0.2) is 8.42 Å². The quantitative estimate of drug-likeness (QED) is 0.725. The van der Waals surface area contributed by atoms with Gasteiger partial charge in [0, 0.05) is 6.54 Å². The van der Waals surface area contributed by atoms with Crippen molar-refractivity contribution in [1.82, 2.24) is 0 Å². The van der Waals surface area contributed by atoms with Gasteiger partial charge < -0.3 is 11.1 Å². The largest absolute Gasteiger partial charge is 0.329 e. The van der Waals surface area contributed by atoms with Crippen molar-refractivity contribution < 1.29 is 13.2 Å². The van der Waals surface area contributed by atoms with Crippen molar-refractivity contribution >= 4 is 21.4 Å². The molecule has 16 heavy (non-hydrogen) atoms. The Morgan fingerprint density at radius 2 is 2.12 bits per heavy atom. The summed E-state index contributed by atoms with van der Waals surface area (Å²) in [5.41, 5.74) is 6.42. The lowest BCUT2D eigenvalue weighted by Gasteiger charge is -2.24. The first kappa shape index (κ1) is 11.1. The minimum atomic E-state index is -3.64. The van der Waals surface area contributed by atoms with Gasteiger partial charge in [-0.2, -0.15) is 0 Å². The maximum Gasteiger partial charge on any atom is 0.244 e. The number of hydrogen-bond acceptors (Lipinski definition) is 4. The van der Waals surface area contributed by atoms with Gasteiger partial charge in [0.1, 0.15) is 0 Å². The van der Waals surface area contributed by atoms with Crippen LogP contribution in [-0.4, -0.2) is 26.1 Å². The minimum Gasteiger partial charge on any atom is -0.329 e. The van der Waals surface area contributed by atoms with Gasteiger partial charge in [-0.15, -0.1) is 0 Å². The van der Waals surface area contributed by atoms with E-state index in [1.54, 1.807) is 19.1 Å². The van der Waals surface area contributed by atoms with E-state index in [2.05, 4.69) is 5.32 Å². The fourth-order valence-electron chi connectivity index (χ4n) is 1.77. The molecule has 1 aliphatic rings. The SMILES string of the molecule is Cc1cccc2c1NC(=O)C(CN)S2(=O)=O. The lowest BCUT2D eigenvalue weighted by atomic mass is 10.2. The first-order chi connectivity index (χ1) is 7.48. The molecule has 6 heteroatoms. The van der Waals surface area contributed by atoms with Gasteiger partial charge in [0.2, 0.25) is 5.91 Å². The van der Waals surface area contributed by atoms with E-state index in [1.807, 2.05) is 0 Å². The van der Waals surface area contributed by atoms with Crippen molar-refractivity contribution in [2.45, 2.75) is 17.1 Å². The number of rotatable bonds is 1. The Kier molecular flexibility index (Phi) is 2.47. The Balaban J connectivity index is 2.72. The summed E-state index contributed by atoms with van der Waals surface area (Å²) in [4.78, 5) is 11.7. The Hall–Kier alpha value is -1.40. The highest BCUT2D eigenvalue weighted by atomic mass is 32.2. The third-order valence-electron chi connectivity index (χ3n) is 2.67.